The fraction of sp³-hybridized carbons (Fsp3) is 0.238. The Hall–Kier alpha value is -3.06. The minimum atomic E-state index is -1.08. The van der Waals surface area contributed by atoms with Crippen molar-refractivity contribution in [3.63, 3.8) is 0 Å². The number of halogens is 2. The topological polar surface area (TPSA) is 73.9 Å². The first-order chi connectivity index (χ1) is 13.7. The van der Waals surface area contributed by atoms with E-state index in [1.807, 2.05) is 0 Å². The average Bonchev–Trinajstić information content (AvgIpc) is 2.68. The highest BCUT2D eigenvalue weighted by molar-refractivity contribution is 6.32. The van der Waals surface area contributed by atoms with Crippen LogP contribution in [0, 0.1) is 12.7 Å². The molecule has 8 heteroatoms. The van der Waals surface area contributed by atoms with Gasteiger partial charge in [-0.25, -0.2) is 9.18 Å². The molecule has 1 N–H and O–H groups in total. The zero-order chi connectivity index (χ0) is 21.6. The molecule has 2 rings (SSSR count). The van der Waals surface area contributed by atoms with Crippen LogP contribution in [0.15, 0.2) is 36.4 Å². The maximum atomic E-state index is 13.6. The maximum absolute atomic E-state index is 13.6. The van der Waals surface area contributed by atoms with Gasteiger partial charge in [-0.15, -0.1) is 0 Å². The van der Waals surface area contributed by atoms with Gasteiger partial charge in [-0.2, -0.15) is 0 Å². The van der Waals surface area contributed by atoms with E-state index in [-0.39, 0.29) is 5.69 Å². The summed E-state index contributed by atoms with van der Waals surface area (Å²) in [6, 6.07) is 7.53. The van der Waals surface area contributed by atoms with E-state index < -0.39 is 23.8 Å². The molecule has 6 nitrogen and oxygen atoms in total. The molecule has 0 radical (unpaired) electrons. The molecule has 0 saturated heterocycles. The second-order valence-corrected chi connectivity index (χ2v) is 6.51. The summed E-state index contributed by atoms with van der Waals surface area (Å²) in [6.07, 6.45) is 1.55. The third-order valence-electron chi connectivity index (χ3n) is 3.97. The van der Waals surface area contributed by atoms with E-state index in [0.717, 1.165) is 6.08 Å². The van der Waals surface area contributed by atoms with Crippen LogP contribution in [0.5, 0.6) is 11.5 Å². The lowest BCUT2D eigenvalue weighted by Gasteiger charge is -2.13. The van der Waals surface area contributed by atoms with Crippen LogP contribution in [0.4, 0.5) is 10.1 Å². The summed E-state index contributed by atoms with van der Waals surface area (Å²) in [4.78, 5) is 24.1. The number of esters is 1. The zero-order valence-corrected chi connectivity index (χ0v) is 17.2. The number of rotatable bonds is 7. The molecule has 0 aromatic heterocycles. The highest BCUT2D eigenvalue weighted by atomic mass is 35.5. The predicted molar refractivity (Wildman–Crippen MR) is 109 cm³/mol. The molecule has 0 spiro atoms. The number of carbonyl (C=O) groups is 2. The van der Waals surface area contributed by atoms with Gasteiger partial charge in [0.05, 0.1) is 19.2 Å². The van der Waals surface area contributed by atoms with Crippen LogP contribution >= 0.6 is 11.6 Å². The lowest BCUT2D eigenvalue weighted by molar-refractivity contribution is -0.148. The molecular formula is C21H21ClFNO5. The Morgan fingerprint density at radius 3 is 2.52 bits per heavy atom. The summed E-state index contributed by atoms with van der Waals surface area (Å²) in [6.45, 7) is 3.03. The normalized spacial score (nSPS) is 11.8. The second kappa shape index (κ2) is 9.93. The largest absolute Gasteiger partial charge is 0.493 e. The van der Waals surface area contributed by atoms with Gasteiger partial charge in [-0.3, -0.25) is 4.79 Å². The molecule has 2 aromatic carbocycles. The molecule has 0 bridgehead atoms. The summed E-state index contributed by atoms with van der Waals surface area (Å²) in [7, 11) is 2.93. The Labute approximate surface area is 173 Å². The molecule has 1 unspecified atom stereocenters. The van der Waals surface area contributed by atoms with Crippen molar-refractivity contribution in [2.24, 2.45) is 0 Å². The molecule has 29 heavy (non-hydrogen) atoms. The van der Waals surface area contributed by atoms with E-state index in [4.69, 9.17) is 25.8 Å². The van der Waals surface area contributed by atoms with Crippen molar-refractivity contribution >= 4 is 35.2 Å². The van der Waals surface area contributed by atoms with Crippen LogP contribution in [-0.4, -0.2) is 32.2 Å². The summed E-state index contributed by atoms with van der Waals surface area (Å²) in [5.41, 5.74) is 1.32. The van der Waals surface area contributed by atoms with Gasteiger partial charge in [-0.05, 0) is 55.3 Å². The second-order valence-electron chi connectivity index (χ2n) is 6.10. The van der Waals surface area contributed by atoms with Crippen LogP contribution in [0.25, 0.3) is 6.08 Å². The SMILES string of the molecule is COc1cc(/C=C/C(=O)OC(C)C(=O)Nc2ccc(C)c(F)c2)cc(Cl)c1OC. The number of hydrogen-bond donors (Lipinski definition) is 1. The van der Waals surface area contributed by atoms with Gasteiger partial charge in [0, 0.05) is 11.8 Å². The van der Waals surface area contributed by atoms with Crippen molar-refractivity contribution in [2.75, 3.05) is 19.5 Å². The van der Waals surface area contributed by atoms with E-state index in [2.05, 4.69) is 5.32 Å². The van der Waals surface area contributed by atoms with Crippen LogP contribution < -0.4 is 14.8 Å². The number of anilines is 1. The number of carbonyl (C=O) groups excluding carboxylic acids is 2. The zero-order valence-electron chi connectivity index (χ0n) is 16.4. The molecule has 0 aliphatic heterocycles. The van der Waals surface area contributed by atoms with Crippen LogP contribution in [-0.2, 0) is 14.3 Å². The summed E-state index contributed by atoms with van der Waals surface area (Å²) < 4.78 is 29.0. The van der Waals surface area contributed by atoms with E-state index in [9.17, 15) is 14.0 Å². The minimum Gasteiger partial charge on any atom is -0.493 e. The standard InChI is InChI=1S/C21H21ClFNO5/c1-12-5-7-15(11-17(12)23)24-21(26)13(2)29-19(25)8-6-14-9-16(22)20(28-4)18(10-14)27-3/h5-11,13H,1-4H3,(H,24,26)/b8-6+. The molecule has 2 aromatic rings. The lowest BCUT2D eigenvalue weighted by atomic mass is 10.2. The van der Waals surface area contributed by atoms with Gasteiger partial charge in [0.25, 0.3) is 5.91 Å². The maximum Gasteiger partial charge on any atom is 0.331 e. The van der Waals surface area contributed by atoms with Gasteiger partial charge in [0.2, 0.25) is 0 Å². The molecule has 1 atom stereocenters. The number of methoxy groups -OCH3 is 2. The minimum absolute atomic E-state index is 0.275. The predicted octanol–water partition coefficient (Wildman–Crippen LogP) is 4.39. The van der Waals surface area contributed by atoms with Crippen LogP contribution in [0.1, 0.15) is 18.1 Å². The molecule has 154 valence electrons. The fourth-order valence-corrected chi connectivity index (χ4v) is 2.68. The summed E-state index contributed by atoms with van der Waals surface area (Å²) in [5, 5.41) is 2.81. The first-order valence-electron chi connectivity index (χ1n) is 8.62. The van der Waals surface area contributed by atoms with Crippen molar-refractivity contribution in [3.8, 4) is 11.5 Å². The van der Waals surface area contributed by atoms with E-state index in [1.165, 1.54) is 33.3 Å². The quantitative estimate of drug-likeness (QED) is 0.530. The molecule has 0 saturated carbocycles. The Morgan fingerprint density at radius 2 is 1.90 bits per heavy atom. The van der Waals surface area contributed by atoms with Gasteiger partial charge >= 0.3 is 5.97 Å². The third-order valence-corrected chi connectivity index (χ3v) is 4.25. The monoisotopic (exact) mass is 421 g/mol. The van der Waals surface area contributed by atoms with E-state index in [1.54, 1.807) is 31.2 Å². The van der Waals surface area contributed by atoms with Gasteiger partial charge in [-0.1, -0.05) is 17.7 Å². The molecule has 0 fully saturated rings. The number of aryl methyl sites for hydroxylation is 1. The van der Waals surface area contributed by atoms with Crippen LogP contribution in [0.2, 0.25) is 5.02 Å². The Morgan fingerprint density at radius 1 is 1.17 bits per heavy atom. The summed E-state index contributed by atoms with van der Waals surface area (Å²) >= 11 is 6.12. The van der Waals surface area contributed by atoms with Crippen LogP contribution in [0.3, 0.4) is 0 Å². The van der Waals surface area contributed by atoms with Crippen molar-refractivity contribution < 1.29 is 28.2 Å². The highest BCUT2D eigenvalue weighted by Crippen LogP contribution is 2.36. The lowest BCUT2D eigenvalue weighted by Crippen LogP contribution is -2.29. The van der Waals surface area contributed by atoms with Crippen molar-refractivity contribution in [1.82, 2.24) is 0 Å². The molecule has 1 amide bonds. The van der Waals surface area contributed by atoms with Gasteiger partial charge in [0.15, 0.2) is 17.6 Å². The molecule has 0 aliphatic rings. The van der Waals surface area contributed by atoms with Gasteiger partial charge in [0.1, 0.15) is 5.82 Å². The first kappa shape index (κ1) is 22.2. The molecule has 0 aliphatic carbocycles. The van der Waals surface area contributed by atoms with E-state index >= 15 is 0 Å². The number of nitrogens with one attached hydrogen (secondary N) is 1. The highest BCUT2D eigenvalue weighted by Gasteiger charge is 2.17. The number of benzene rings is 2. The van der Waals surface area contributed by atoms with E-state index in [0.29, 0.717) is 27.6 Å². The van der Waals surface area contributed by atoms with Crippen molar-refractivity contribution in [3.05, 3.63) is 58.4 Å². The summed E-state index contributed by atoms with van der Waals surface area (Å²) in [5.74, 6) is -0.959. The smallest absolute Gasteiger partial charge is 0.331 e. The Kier molecular flexibility index (Phi) is 7.61. The van der Waals surface area contributed by atoms with Gasteiger partial charge < -0.3 is 19.5 Å². The molecular weight excluding hydrogens is 401 g/mol. The first-order valence-corrected chi connectivity index (χ1v) is 9.00. The van der Waals surface area contributed by atoms with Crippen molar-refractivity contribution in [2.45, 2.75) is 20.0 Å². The fourth-order valence-electron chi connectivity index (χ4n) is 2.38. The molecule has 0 heterocycles. The average molecular weight is 422 g/mol. The third kappa shape index (κ3) is 5.96. The Balaban J connectivity index is 1.99. The number of amides is 1. The number of hydrogen-bond acceptors (Lipinski definition) is 5. The van der Waals surface area contributed by atoms with Crippen molar-refractivity contribution in [1.29, 1.82) is 0 Å². The number of ether oxygens (including phenoxy) is 3. The Bertz CT molecular complexity index is 945.